The van der Waals surface area contributed by atoms with Gasteiger partial charge in [0.1, 0.15) is 11.8 Å². The van der Waals surface area contributed by atoms with Crippen LogP contribution in [-0.4, -0.2) is 15.8 Å². The fraction of sp³-hybridized carbons (Fsp3) is 0.0526. The smallest absolute Gasteiger partial charge is 0.458 e. The van der Waals surface area contributed by atoms with Gasteiger partial charge in [-0.25, -0.2) is 9.18 Å². The zero-order chi connectivity index (χ0) is 19.1. The predicted octanol–water partition coefficient (Wildman–Crippen LogP) is 3.77. The van der Waals surface area contributed by atoms with E-state index in [4.69, 9.17) is 9.84 Å². The van der Waals surface area contributed by atoms with Gasteiger partial charge >= 0.3 is 6.16 Å². The number of nitrogens with zero attached hydrogens (tertiary/aromatic N) is 1. The van der Waals surface area contributed by atoms with Crippen molar-refractivity contribution in [1.29, 1.82) is 0 Å². The zero-order valence-corrected chi connectivity index (χ0v) is 13.6. The van der Waals surface area contributed by atoms with Crippen LogP contribution in [0.25, 0.3) is 16.6 Å². The average Bonchev–Trinajstić information content (AvgIpc) is 2.64. The molecular formula is C19H11F2NO5. The maximum atomic E-state index is 14.2. The molecule has 4 rings (SSSR count). The second-order valence-corrected chi connectivity index (χ2v) is 5.85. The molecule has 2 heterocycles. The van der Waals surface area contributed by atoms with Gasteiger partial charge in [0.25, 0.3) is 0 Å². The number of carboxylic acid groups (broad SMARTS) is 1. The number of ether oxygens (including phenoxy) is 2. The number of benzene rings is 2. The van der Waals surface area contributed by atoms with Gasteiger partial charge in [-0.2, -0.15) is 4.39 Å². The molecule has 1 N–H and O–H groups in total. The molecule has 0 radical (unpaired) electrons. The highest BCUT2D eigenvalue weighted by molar-refractivity contribution is 5.90. The fourth-order valence-electron chi connectivity index (χ4n) is 2.99. The average molecular weight is 371 g/mol. The van der Waals surface area contributed by atoms with E-state index in [1.165, 1.54) is 10.8 Å². The molecule has 2 aromatic carbocycles. The fourth-order valence-corrected chi connectivity index (χ4v) is 2.99. The third-order valence-corrected chi connectivity index (χ3v) is 4.15. The molecule has 0 fully saturated rings. The summed E-state index contributed by atoms with van der Waals surface area (Å²) in [6, 6.07) is 9.94. The van der Waals surface area contributed by atoms with Crippen molar-refractivity contribution < 1.29 is 28.2 Å². The van der Waals surface area contributed by atoms with Crippen molar-refractivity contribution in [1.82, 2.24) is 4.57 Å². The first kappa shape index (κ1) is 16.8. The third kappa shape index (κ3) is 2.80. The molecule has 3 aromatic rings. The van der Waals surface area contributed by atoms with Crippen molar-refractivity contribution in [3.8, 4) is 11.5 Å². The second kappa shape index (κ2) is 6.24. The number of hydrogen-bond donors (Lipinski definition) is 1. The van der Waals surface area contributed by atoms with Crippen LogP contribution in [0.4, 0.5) is 13.6 Å². The predicted molar refractivity (Wildman–Crippen MR) is 91.8 cm³/mol. The molecule has 0 aliphatic carbocycles. The Morgan fingerprint density at radius 2 is 1.96 bits per heavy atom. The molecule has 1 aliphatic heterocycles. The Morgan fingerprint density at radius 1 is 1.22 bits per heavy atom. The summed E-state index contributed by atoms with van der Waals surface area (Å²) < 4.78 is 39.2. The van der Waals surface area contributed by atoms with Crippen molar-refractivity contribution >= 4 is 22.8 Å². The topological polar surface area (TPSA) is 77.8 Å². The van der Waals surface area contributed by atoms with Gasteiger partial charge in [-0.15, -0.1) is 0 Å². The minimum absolute atomic E-state index is 0.00469. The van der Waals surface area contributed by atoms with E-state index in [-0.39, 0.29) is 10.9 Å². The molecule has 1 aromatic heterocycles. The van der Waals surface area contributed by atoms with Crippen LogP contribution in [-0.2, 0) is 6.42 Å². The molecular weight excluding hydrogens is 360 g/mol. The van der Waals surface area contributed by atoms with Gasteiger partial charge in [0.2, 0.25) is 11.2 Å². The quantitative estimate of drug-likeness (QED) is 0.709. The molecule has 8 heteroatoms. The second-order valence-electron chi connectivity index (χ2n) is 5.85. The number of pyridine rings is 1. The number of rotatable bonds is 3. The Bertz CT molecular complexity index is 1170. The molecule has 0 spiro atoms. The molecule has 0 amide bonds. The zero-order valence-electron chi connectivity index (χ0n) is 13.6. The van der Waals surface area contributed by atoms with Gasteiger partial charge in [0, 0.05) is 6.42 Å². The Morgan fingerprint density at radius 3 is 2.67 bits per heavy atom. The number of allylic oxidation sites excluding steroid dienone is 1. The summed E-state index contributed by atoms with van der Waals surface area (Å²) in [6.07, 6.45) is 1.01. The molecule has 1 aliphatic rings. The molecule has 0 atom stereocenters. The van der Waals surface area contributed by atoms with Gasteiger partial charge in [-0.3, -0.25) is 4.79 Å². The monoisotopic (exact) mass is 371 g/mol. The van der Waals surface area contributed by atoms with E-state index in [2.05, 4.69) is 4.74 Å². The molecule has 6 nitrogen and oxygen atoms in total. The van der Waals surface area contributed by atoms with E-state index in [9.17, 15) is 18.4 Å². The molecule has 0 saturated carbocycles. The number of halogens is 2. The van der Waals surface area contributed by atoms with Gasteiger partial charge in [-0.05, 0) is 11.6 Å². The lowest BCUT2D eigenvalue weighted by atomic mass is 10.1. The van der Waals surface area contributed by atoms with E-state index in [1.54, 1.807) is 0 Å². The van der Waals surface area contributed by atoms with E-state index in [0.717, 1.165) is 11.8 Å². The highest BCUT2D eigenvalue weighted by atomic mass is 19.2. The molecule has 27 heavy (non-hydrogen) atoms. The summed E-state index contributed by atoms with van der Waals surface area (Å²) >= 11 is 0. The van der Waals surface area contributed by atoms with E-state index < -0.39 is 34.7 Å². The van der Waals surface area contributed by atoms with Crippen molar-refractivity contribution in [3.63, 3.8) is 0 Å². The lowest BCUT2D eigenvalue weighted by Crippen LogP contribution is -2.19. The van der Waals surface area contributed by atoms with Crippen molar-refractivity contribution in [3.05, 3.63) is 76.3 Å². The van der Waals surface area contributed by atoms with Crippen LogP contribution in [0.2, 0.25) is 0 Å². The first-order valence-electron chi connectivity index (χ1n) is 7.84. The Balaban J connectivity index is 1.97. The highest BCUT2D eigenvalue weighted by Crippen LogP contribution is 2.36. The largest absolute Gasteiger partial charge is 0.511 e. The first-order chi connectivity index (χ1) is 13.0. The van der Waals surface area contributed by atoms with Gasteiger partial charge in [0.05, 0.1) is 17.3 Å². The Labute approximate surface area is 150 Å². The van der Waals surface area contributed by atoms with Gasteiger partial charge < -0.3 is 19.1 Å². The molecule has 0 bridgehead atoms. The minimum atomic E-state index is -1.69. The Hall–Kier alpha value is -3.68. The van der Waals surface area contributed by atoms with Crippen molar-refractivity contribution in [2.45, 2.75) is 6.42 Å². The van der Waals surface area contributed by atoms with Crippen molar-refractivity contribution in [2.75, 3.05) is 0 Å². The summed E-state index contributed by atoms with van der Waals surface area (Å²) in [6.45, 7) is 0. The number of hydrogen-bond acceptors (Lipinski definition) is 4. The lowest BCUT2D eigenvalue weighted by molar-refractivity contribution is 0.144. The van der Waals surface area contributed by atoms with Crippen molar-refractivity contribution in [2.24, 2.45) is 0 Å². The molecule has 0 saturated heterocycles. The van der Waals surface area contributed by atoms with Crippen LogP contribution in [0.3, 0.4) is 0 Å². The molecule has 136 valence electrons. The Kier molecular flexibility index (Phi) is 3.88. The van der Waals surface area contributed by atoms with E-state index >= 15 is 0 Å². The first-order valence-corrected chi connectivity index (χ1v) is 7.84. The third-order valence-electron chi connectivity index (χ3n) is 4.15. The number of aromatic nitrogens is 1. The van der Waals surface area contributed by atoms with E-state index in [0.29, 0.717) is 18.2 Å². The highest BCUT2D eigenvalue weighted by Gasteiger charge is 2.26. The number of carbonyl (C=O) groups is 1. The molecule has 0 unspecified atom stereocenters. The van der Waals surface area contributed by atoms with Crippen LogP contribution >= 0.6 is 0 Å². The normalized spacial score (nSPS) is 12.4. The lowest BCUT2D eigenvalue weighted by Gasteiger charge is -2.22. The van der Waals surface area contributed by atoms with Gasteiger partial charge in [-0.1, -0.05) is 30.3 Å². The standard InChI is InChI=1S/C19H11F2NO5/c20-13-7-12-16-18(15(13)21)26-9-11(6-10-4-2-1-3-5-10)22(16)8-14(17(12)23)27-19(24)25/h1-5,7-9H,6H2,(H,24,25). The summed E-state index contributed by atoms with van der Waals surface area (Å²) in [7, 11) is 0. The van der Waals surface area contributed by atoms with Crippen LogP contribution in [0.5, 0.6) is 11.5 Å². The van der Waals surface area contributed by atoms with Gasteiger partial charge in [0.15, 0.2) is 17.3 Å². The summed E-state index contributed by atoms with van der Waals surface area (Å²) in [5, 5.41) is 8.60. The maximum absolute atomic E-state index is 14.2. The van der Waals surface area contributed by atoms with Crippen LogP contribution in [0.15, 0.2) is 53.7 Å². The summed E-state index contributed by atoms with van der Waals surface area (Å²) in [5.74, 6) is -3.49. The van der Waals surface area contributed by atoms with Crippen LogP contribution < -0.4 is 14.9 Å². The van der Waals surface area contributed by atoms with Crippen LogP contribution in [0, 0.1) is 11.6 Å². The summed E-state index contributed by atoms with van der Waals surface area (Å²) in [4.78, 5) is 23.4. The van der Waals surface area contributed by atoms with Crippen LogP contribution in [0.1, 0.15) is 5.56 Å². The maximum Gasteiger partial charge on any atom is 0.511 e. The summed E-state index contributed by atoms with van der Waals surface area (Å²) in [5.41, 5.74) is 0.504. The van der Waals surface area contributed by atoms with E-state index in [1.807, 2.05) is 30.3 Å². The minimum Gasteiger partial charge on any atom is -0.458 e. The SMILES string of the molecule is O=C(O)Oc1cn2c3c(c(F)c(F)cc3c1=O)OC=C2Cc1ccccc1.